The minimum Gasteiger partial charge on any atom is -0.477 e. The second kappa shape index (κ2) is 7.22. The van der Waals surface area contributed by atoms with Crippen LogP contribution in [0.2, 0.25) is 0 Å². The second-order valence-electron chi connectivity index (χ2n) is 5.28. The Balaban J connectivity index is 1.81. The molecular weight excluding hydrogens is 298 g/mol. The Morgan fingerprint density at radius 1 is 1.18 bits per heavy atom. The van der Waals surface area contributed by atoms with E-state index in [4.69, 9.17) is 5.11 Å². The van der Waals surface area contributed by atoms with Gasteiger partial charge < -0.3 is 10.4 Å². The molecule has 0 saturated heterocycles. The van der Waals surface area contributed by atoms with E-state index in [0.29, 0.717) is 24.3 Å². The maximum atomic E-state index is 11.9. The van der Waals surface area contributed by atoms with Crippen LogP contribution in [0.25, 0.3) is 0 Å². The molecule has 1 heterocycles. The summed E-state index contributed by atoms with van der Waals surface area (Å²) >= 11 is 1.19. The van der Waals surface area contributed by atoms with E-state index >= 15 is 0 Å². The van der Waals surface area contributed by atoms with Crippen LogP contribution in [0.5, 0.6) is 0 Å². The van der Waals surface area contributed by atoms with Crippen molar-refractivity contribution in [3.8, 4) is 0 Å². The van der Waals surface area contributed by atoms with Crippen LogP contribution in [0.15, 0.2) is 30.3 Å². The van der Waals surface area contributed by atoms with Crippen LogP contribution in [-0.2, 0) is 17.8 Å². The van der Waals surface area contributed by atoms with Crippen LogP contribution in [0.1, 0.15) is 37.7 Å². The summed E-state index contributed by atoms with van der Waals surface area (Å²) < 4.78 is 0. The van der Waals surface area contributed by atoms with Crippen molar-refractivity contribution in [3.05, 3.63) is 56.8 Å². The van der Waals surface area contributed by atoms with Crippen molar-refractivity contribution in [2.45, 2.75) is 33.2 Å². The quantitative estimate of drug-likeness (QED) is 0.859. The third-order valence-electron chi connectivity index (χ3n) is 3.45. The smallest absolute Gasteiger partial charge is 0.345 e. The number of carbonyl (C=O) groups excluding carboxylic acids is 1. The number of aromatic carboxylic acids is 1. The fourth-order valence-electron chi connectivity index (χ4n) is 2.24. The van der Waals surface area contributed by atoms with Gasteiger partial charge in [0.15, 0.2) is 0 Å². The van der Waals surface area contributed by atoms with Crippen LogP contribution < -0.4 is 5.32 Å². The summed E-state index contributed by atoms with van der Waals surface area (Å²) in [5, 5.41) is 11.7. The van der Waals surface area contributed by atoms with E-state index < -0.39 is 5.97 Å². The fraction of sp³-hybridized carbons (Fsp3) is 0.294. The van der Waals surface area contributed by atoms with E-state index in [-0.39, 0.29) is 5.91 Å². The molecule has 5 heteroatoms. The first-order chi connectivity index (χ1) is 10.5. The van der Waals surface area contributed by atoms with Crippen molar-refractivity contribution in [2.24, 2.45) is 0 Å². The zero-order chi connectivity index (χ0) is 16.1. The Morgan fingerprint density at radius 3 is 2.59 bits per heavy atom. The Labute approximate surface area is 133 Å². The molecule has 0 atom stereocenters. The first-order valence-corrected chi connectivity index (χ1v) is 7.92. The molecule has 0 bridgehead atoms. The Kier molecular flexibility index (Phi) is 5.33. The molecule has 0 saturated carbocycles. The van der Waals surface area contributed by atoms with Gasteiger partial charge in [-0.15, -0.1) is 11.3 Å². The van der Waals surface area contributed by atoms with Crippen molar-refractivity contribution in [3.63, 3.8) is 0 Å². The van der Waals surface area contributed by atoms with Crippen LogP contribution in [0, 0.1) is 13.8 Å². The number of amides is 1. The third-order valence-corrected chi connectivity index (χ3v) is 4.52. The molecule has 4 nitrogen and oxygen atoms in total. The van der Waals surface area contributed by atoms with Gasteiger partial charge in [0.2, 0.25) is 5.91 Å². The molecule has 116 valence electrons. The van der Waals surface area contributed by atoms with Crippen LogP contribution in [0.3, 0.4) is 0 Å². The van der Waals surface area contributed by atoms with Gasteiger partial charge in [0.25, 0.3) is 0 Å². The number of aryl methyl sites for hydroxylation is 3. The van der Waals surface area contributed by atoms with Crippen molar-refractivity contribution in [1.82, 2.24) is 5.32 Å². The molecule has 1 aromatic carbocycles. The number of hydrogen-bond donors (Lipinski definition) is 2. The maximum absolute atomic E-state index is 11.9. The van der Waals surface area contributed by atoms with Gasteiger partial charge in [0.05, 0.1) is 6.54 Å². The minimum absolute atomic E-state index is 0.0229. The van der Waals surface area contributed by atoms with E-state index in [1.54, 1.807) is 12.1 Å². The highest BCUT2D eigenvalue weighted by Gasteiger charge is 2.08. The topological polar surface area (TPSA) is 66.4 Å². The molecule has 2 aromatic rings. The number of carbonyl (C=O) groups is 2. The third kappa shape index (κ3) is 4.43. The fourth-order valence-corrected chi connectivity index (χ4v) is 3.02. The number of nitrogens with one attached hydrogen (secondary N) is 1. The number of benzene rings is 1. The highest BCUT2D eigenvalue weighted by Crippen LogP contribution is 2.16. The lowest BCUT2D eigenvalue weighted by Gasteiger charge is -2.07. The Morgan fingerprint density at radius 2 is 1.95 bits per heavy atom. The standard InChI is InChI=1S/C17H19NO3S/c1-11-3-4-13(12(2)9-11)5-8-16(19)18-10-14-6-7-15(22-14)17(20)21/h3-4,6-7,9H,5,8,10H2,1-2H3,(H,18,19)(H,20,21). The lowest BCUT2D eigenvalue weighted by Crippen LogP contribution is -2.22. The lowest BCUT2D eigenvalue weighted by molar-refractivity contribution is -0.121. The van der Waals surface area contributed by atoms with Gasteiger partial charge in [-0.3, -0.25) is 4.79 Å². The van der Waals surface area contributed by atoms with E-state index in [1.165, 1.54) is 28.0 Å². The predicted octanol–water partition coefficient (Wildman–Crippen LogP) is 3.31. The largest absolute Gasteiger partial charge is 0.477 e. The molecule has 2 rings (SSSR count). The van der Waals surface area contributed by atoms with Crippen molar-refractivity contribution >= 4 is 23.2 Å². The molecule has 1 aromatic heterocycles. The lowest BCUT2D eigenvalue weighted by atomic mass is 10.0. The van der Waals surface area contributed by atoms with Gasteiger partial charge in [-0.1, -0.05) is 23.8 Å². The first-order valence-electron chi connectivity index (χ1n) is 7.10. The molecule has 0 aliphatic carbocycles. The Bertz CT molecular complexity index is 691. The highest BCUT2D eigenvalue weighted by atomic mass is 32.1. The van der Waals surface area contributed by atoms with Gasteiger partial charge >= 0.3 is 5.97 Å². The van der Waals surface area contributed by atoms with E-state index in [9.17, 15) is 9.59 Å². The highest BCUT2D eigenvalue weighted by molar-refractivity contribution is 7.13. The zero-order valence-corrected chi connectivity index (χ0v) is 13.5. The monoisotopic (exact) mass is 317 g/mol. The summed E-state index contributed by atoms with van der Waals surface area (Å²) in [4.78, 5) is 23.8. The van der Waals surface area contributed by atoms with Crippen molar-refractivity contribution < 1.29 is 14.7 Å². The average Bonchev–Trinajstić information content (AvgIpc) is 2.93. The van der Waals surface area contributed by atoms with Gasteiger partial charge in [-0.25, -0.2) is 4.79 Å². The normalized spacial score (nSPS) is 10.5. The second-order valence-corrected chi connectivity index (χ2v) is 6.45. The van der Waals surface area contributed by atoms with E-state index in [0.717, 1.165) is 4.88 Å². The van der Waals surface area contributed by atoms with Crippen molar-refractivity contribution in [2.75, 3.05) is 0 Å². The number of rotatable bonds is 6. The molecule has 22 heavy (non-hydrogen) atoms. The summed E-state index contributed by atoms with van der Waals surface area (Å²) in [5.74, 6) is -0.956. The molecule has 2 N–H and O–H groups in total. The molecular formula is C17H19NO3S. The summed E-state index contributed by atoms with van der Waals surface area (Å²) in [5.41, 5.74) is 3.61. The summed E-state index contributed by atoms with van der Waals surface area (Å²) in [6.07, 6.45) is 1.14. The SMILES string of the molecule is Cc1ccc(CCC(=O)NCc2ccc(C(=O)O)s2)c(C)c1. The van der Waals surface area contributed by atoms with E-state index in [2.05, 4.69) is 37.4 Å². The Hall–Kier alpha value is -2.14. The minimum atomic E-state index is -0.933. The number of thiophene rings is 1. The molecule has 1 amide bonds. The first kappa shape index (κ1) is 16.2. The number of carboxylic acid groups (broad SMARTS) is 1. The van der Waals surface area contributed by atoms with Gasteiger partial charge in [-0.05, 0) is 43.5 Å². The molecule has 0 fully saturated rings. The van der Waals surface area contributed by atoms with Crippen LogP contribution in [0.4, 0.5) is 0 Å². The van der Waals surface area contributed by atoms with Gasteiger partial charge in [0.1, 0.15) is 4.88 Å². The van der Waals surface area contributed by atoms with Crippen molar-refractivity contribution in [1.29, 1.82) is 0 Å². The van der Waals surface area contributed by atoms with Gasteiger partial charge in [-0.2, -0.15) is 0 Å². The molecule has 0 spiro atoms. The van der Waals surface area contributed by atoms with Crippen LogP contribution in [-0.4, -0.2) is 17.0 Å². The maximum Gasteiger partial charge on any atom is 0.345 e. The average molecular weight is 317 g/mol. The molecule has 0 aliphatic rings. The molecule has 0 unspecified atom stereocenters. The van der Waals surface area contributed by atoms with Crippen LogP contribution >= 0.6 is 11.3 Å². The molecule has 0 aliphatic heterocycles. The summed E-state index contributed by atoms with van der Waals surface area (Å²) in [7, 11) is 0. The molecule has 0 radical (unpaired) electrons. The zero-order valence-electron chi connectivity index (χ0n) is 12.7. The van der Waals surface area contributed by atoms with E-state index in [1.807, 2.05) is 0 Å². The van der Waals surface area contributed by atoms with Gasteiger partial charge in [0, 0.05) is 11.3 Å². The summed E-state index contributed by atoms with van der Waals surface area (Å²) in [6, 6.07) is 9.53. The number of hydrogen-bond acceptors (Lipinski definition) is 3. The number of carboxylic acids is 1. The predicted molar refractivity (Wildman–Crippen MR) is 87.4 cm³/mol. The summed E-state index contributed by atoms with van der Waals surface area (Å²) in [6.45, 7) is 4.48.